The maximum atomic E-state index is 13.8. The Balaban J connectivity index is 1.60. The minimum Gasteiger partial charge on any atom is -0.495 e. The average molecular weight is 516 g/mol. The van der Waals surface area contributed by atoms with Gasteiger partial charge in [0.25, 0.3) is 5.91 Å². The van der Waals surface area contributed by atoms with E-state index in [9.17, 15) is 4.79 Å². The number of para-hydroxylation sites is 2. The molecule has 3 aromatic carbocycles. The summed E-state index contributed by atoms with van der Waals surface area (Å²) in [6.45, 7) is 4.35. The van der Waals surface area contributed by atoms with E-state index >= 15 is 0 Å². The van der Waals surface area contributed by atoms with Crippen molar-refractivity contribution in [2.45, 2.75) is 19.9 Å². The molecule has 0 saturated heterocycles. The normalized spacial score (nSPS) is 14.5. The summed E-state index contributed by atoms with van der Waals surface area (Å²) >= 11 is 6.44. The Hall–Kier alpha value is -4.30. The first-order valence-electron chi connectivity index (χ1n) is 11.9. The number of hydrogen-bond donors (Lipinski definition) is 2. The van der Waals surface area contributed by atoms with Crippen molar-refractivity contribution in [2.24, 2.45) is 0 Å². The SMILES string of the molecule is CCOc1ccc(C2C(C(=O)Nc3ccccc3OC)=C(C)Nc3nc(-c4ccccc4Cl)nn32)cc1. The van der Waals surface area contributed by atoms with Gasteiger partial charge in [-0.25, -0.2) is 4.68 Å². The van der Waals surface area contributed by atoms with Crippen molar-refractivity contribution in [1.29, 1.82) is 0 Å². The van der Waals surface area contributed by atoms with Crippen LogP contribution in [-0.2, 0) is 4.79 Å². The van der Waals surface area contributed by atoms with Crippen molar-refractivity contribution in [3.05, 3.63) is 94.7 Å². The van der Waals surface area contributed by atoms with Crippen molar-refractivity contribution >= 4 is 29.1 Å². The lowest BCUT2D eigenvalue weighted by Gasteiger charge is -2.29. The van der Waals surface area contributed by atoms with Crippen LogP contribution in [0.1, 0.15) is 25.5 Å². The zero-order valence-electron chi connectivity index (χ0n) is 20.7. The minimum atomic E-state index is -0.551. The van der Waals surface area contributed by atoms with Crippen LogP contribution >= 0.6 is 11.6 Å². The molecule has 0 saturated carbocycles. The van der Waals surface area contributed by atoms with E-state index < -0.39 is 6.04 Å². The summed E-state index contributed by atoms with van der Waals surface area (Å²) in [4.78, 5) is 18.5. The molecular weight excluding hydrogens is 490 g/mol. The first kappa shape index (κ1) is 24.4. The number of aromatic nitrogens is 3. The van der Waals surface area contributed by atoms with Gasteiger partial charge in [-0.15, -0.1) is 5.10 Å². The first-order chi connectivity index (χ1) is 18.0. The molecule has 37 heavy (non-hydrogen) atoms. The van der Waals surface area contributed by atoms with E-state index in [0.717, 1.165) is 11.3 Å². The third-order valence-electron chi connectivity index (χ3n) is 6.07. The lowest BCUT2D eigenvalue weighted by atomic mass is 9.95. The van der Waals surface area contributed by atoms with Crippen LogP contribution in [0.5, 0.6) is 11.5 Å². The Kier molecular flexibility index (Phi) is 6.83. The number of ether oxygens (including phenoxy) is 2. The van der Waals surface area contributed by atoms with E-state index in [0.29, 0.717) is 51.7 Å². The second-order valence-electron chi connectivity index (χ2n) is 8.41. The number of carbonyl (C=O) groups excluding carboxylic acids is 1. The molecule has 0 bridgehead atoms. The van der Waals surface area contributed by atoms with Gasteiger partial charge in [0.15, 0.2) is 5.82 Å². The number of methoxy groups -OCH3 is 1. The van der Waals surface area contributed by atoms with Crippen molar-refractivity contribution < 1.29 is 14.3 Å². The van der Waals surface area contributed by atoms with E-state index in [1.807, 2.05) is 68.4 Å². The smallest absolute Gasteiger partial charge is 0.255 e. The zero-order chi connectivity index (χ0) is 25.9. The molecule has 1 aromatic heterocycles. The molecule has 5 rings (SSSR count). The number of fused-ring (bicyclic) bond motifs is 1. The number of amides is 1. The molecular formula is C28H26ClN5O3. The van der Waals surface area contributed by atoms with Crippen molar-refractivity contribution in [2.75, 3.05) is 24.4 Å². The second-order valence-corrected chi connectivity index (χ2v) is 8.81. The highest BCUT2D eigenvalue weighted by molar-refractivity contribution is 6.33. The molecule has 1 unspecified atom stereocenters. The Labute approximate surface area is 219 Å². The van der Waals surface area contributed by atoms with Crippen LogP contribution in [0.25, 0.3) is 11.4 Å². The van der Waals surface area contributed by atoms with Crippen LogP contribution in [0.15, 0.2) is 84.1 Å². The van der Waals surface area contributed by atoms with Crippen LogP contribution in [0.2, 0.25) is 5.02 Å². The molecule has 1 aliphatic rings. The Morgan fingerprint density at radius 2 is 1.81 bits per heavy atom. The fourth-order valence-corrected chi connectivity index (χ4v) is 4.58. The zero-order valence-corrected chi connectivity index (χ0v) is 21.4. The third-order valence-corrected chi connectivity index (χ3v) is 6.40. The summed E-state index contributed by atoms with van der Waals surface area (Å²) in [6.07, 6.45) is 0. The third kappa shape index (κ3) is 4.75. The summed E-state index contributed by atoms with van der Waals surface area (Å²) in [5.74, 6) is 2.01. The molecule has 9 heteroatoms. The molecule has 0 radical (unpaired) electrons. The summed E-state index contributed by atoms with van der Waals surface area (Å²) in [7, 11) is 1.57. The van der Waals surface area contributed by atoms with Gasteiger partial charge in [-0.2, -0.15) is 4.98 Å². The fraction of sp³-hybridized carbons (Fsp3) is 0.179. The number of nitrogens with one attached hydrogen (secondary N) is 2. The van der Waals surface area contributed by atoms with Crippen LogP contribution in [-0.4, -0.2) is 34.4 Å². The van der Waals surface area contributed by atoms with Crippen molar-refractivity contribution in [3.8, 4) is 22.9 Å². The summed E-state index contributed by atoms with van der Waals surface area (Å²) in [6, 6.07) is 21.8. The number of benzene rings is 3. The summed E-state index contributed by atoms with van der Waals surface area (Å²) in [5.41, 5.74) is 3.29. The second kappa shape index (κ2) is 10.4. The van der Waals surface area contributed by atoms with E-state index in [2.05, 4.69) is 10.6 Å². The van der Waals surface area contributed by atoms with Gasteiger partial charge in [0.05, 0.1) is 30.0 Å². The van der Waals surface area contributed by atoms with Gasteiger partial charge in [-0.3, -0.25) is 4.79 Å². The average Bonchev–Trinajstić information content (AvgIpc) is 3.32. The topological polar surface area (TPSA) is 90.3 Å². The first-order valence-corrected chi connectivity index (χ1v) is 12.2. The van der Waals surface area contributed by atoms with E-state index in [1.165, 1.54) is 0 Å². The van der Waals surface area contributed by atoms with Crippen LogP contribution in [0, 0.1) is 0 Å². The van der Waals surface area contributed by atoms with E-state index in [4.69, 9.17) is 31.2 Å². The lowest BCUT2D eigenvalue weighted by molar-refractivity contribution is -0.113. The highest BCUT2D eigenvalue weighted by atomic mass is 35.5. The molecule has 8 nitrogen and oxygen atoms in total. The van der Waals surface area contributed by atoms with Crippen molar-refractivity contribution in [1.82, 2.24) is 14.8 Å². The summed E-state index contributed by atoms with van der Waals surface area (Å²) in [5, 5.41) is 11.6. The number of anilines is 2. The predicted molar refractivity (Wildman–Crippen MR) is 144 cm³/mol. The quantitative estimate of drug-likeness (QED) is 0.317. The van der Waals surface area contributed by atoms with Crippen LogP contribution < -0.4 is 20.1 Å². The Morgan fingerprint density at radius 3 is 2.54 bits per heavy atom. The minimum absolute atomic E-state index is 0.283. The maximum Gasteiger partial charge on any atom is 0.255 e. The number of nitrogens with zero attached hydrogens (tertiary/aromatic N) is 3. The predicted octanol–water partition coefficient (Wildman–Crippen LogP) is 5.93. The molecule has 1 amide bonds. The number of halogens is 1. The summed E-state index contributed by atoms with van der Waals surface area (Å²) < 4.78 is 12.8. The monoisotopic (exact) mass is 515 g/mol. The number of hydrogen-bond acceptors (Lipinski definition) is 6. The van der Waals surface area contributed by atoms with E-state index in [-0.39, 0.29) is 5.91 Å². The molecule has 0 fully saturated rings. The molecule has 1 atom stereocenters. The maximum absolute atomic E-state index is 13.8. The van der Waals surface area contributed by atoms with Gasteiger partial charge < -0.3 is 20.1 Å². The van der Waals surface area contributed by atoms with E-state index in [1.54, 1.807) is 30.0 Å². The van der Waals surface area contributed by atoms with Gasteiger partial charge in [-0.05, 0) is 55.8 Å². The molecule has 0 aliphatic carbocycles. The van der Waals surface area contributed by atoms with Gasteiger partial charge in [0.2, 0.25) is 5.95 Å². The molecule has 4 aromatic rings. The fourth-order valence-electron chi connectivity index (χ4n) is 4.36. The van der Waals surface area contributed by atoms with Gasteiger partial charge in [0, 0.05) is 11.3 Å². The highest BCUT2D eigenvalue weighted by Crippen LogP contribution is 2.38. The standard InChI is InChI=1S/C28H26ClN5O3/c1-4-37-19-15-13-18(14-16-19)25-24(27(35)31-22-11-7-8-12-23(22)36-3)17(2)30-28-32-26(33-34(25)28)20-9-5-6-10-21(20)29/h5-16,25H,4H2,1-3H3,(H,31,35)(H,30,32,33). The lowest BCUT2D eigenvalue weighted by Crippen LogP contribution is -2.31. The van der Waals surface area contributed by atoms with Gasteiger partial charge in [-0.1, -0.05) is 48.0 Å². The molecule has 188 valence electrons. The Morgan fingerprint density at radius 1 is 1.08 bits per heavy atom. The molecule has 0 spiro atoms. The number of rotatable bonds is 7. The molecule has 1 aliphatic heterocycles. The van der Waals surface area contributed by atoms with Crippen LogP contribution in [0.4, 0.5) is 11.6 Å². The van der Waals surface area contributed by atoms with Gasteiger partial charge in [0.1, 0.15) is 17.5 Å². The molecule has 2 N–H and O–H groups in total. The van der Waals surface area contributed by atoms with Crippen molar-refractivity contribution in [3.63, 3.8) is 0 Å². The highest BCUT2D eigenvalue weighted by Gasteiger charge is 2.35. The molecule has 2 heterocycles. The largest absolute Gasteiger partial charge is 0.495 e. The number of carbonyl (C=O) groups is 1. The number of allylic oxidation sites excluding steroid dienone is 1. The van der Waals surface area contributed by atoms with Crippen LogP contribution in [0.3, 0.4) is 0 Å². The Bertz CT molecular complexity index is 1480. The van der Waals surface area contributed by atoms with Gasteiger partial charge >= 0.3 is 0 Å².